The molecule has 0 unspecified atom stereocenters. The first kappa shape index (κ1) is 34.0. The van der Waals surface area contributed by atoms with Gasteiger partial charge in [-0.05, 0) is 76.5 Å². The van der Waals surface area contributed by atoms with Gasteiger partial charge in [-0.1, -0.05) is 164 Å². The van der Waals surface area contributed by atoms with E-state index < -0.39 is 0 Å². The van der Waals surface area contributed by atoms with Crippen molar-refractivity contribution in [3.63, 3.8) is 0 Å². The number of hydrogen-bond donors (Lipinski definition) is 0. The SMILES string of the molecule is c1ccc(-c2nc(-c3ccccc3)c(-n3c4ccccc4c4cc(-c5ccc6c(c5)c5cc7ccccc7cc5n6-c5ccccc5)ccc43)c(-c3ccccc3)n2)cc1. The molecule has 9 aromatic carbocycles. The molecule has 12 rings (SSSR count). The second-order valence-corrected chi connectivity index (χ2v) is 15.4. The lowest BCUT2D eigenvalue weighted by atomic mass is 10.00. The molecule has 3 aromatic heterocycles. The summed E-state index contributed by atoms with van der Waals surface area (Å²) in [6, 6.07) is 78.0. The minimum Gasteiger partial charge on any atom is -0.309 e. The monoisotopic (exact) mass is 764 g/mol. The molecule has 0 atom stereocenters. The molecule has 0 amide bonds. The van der Waals surface area contributed by atoms with E-state index in [9.17, 15) is 0 Å². The van der Waals surface area contributed by atoms with E-state index in [-0.39, 0.29) is 0 Å². The number of aromatic nitrogens is 4. The van der Waals surface area contributed by atoms with E-state index in [1.165, 1.54) is 48.9 Å². The molecular weight excluding hydrogens is 729 g/mol. The average molecular weight is 765 g/mol. The third-order valence-corrected chi connectivity index (χ3v) is 11.9. The number of hydrogen-bond acceptors (Lipinski definition) is 2. The minimum absolute atomic E-state index is 0.692. The summed E-state index contributed by atoms with van der Waals surface area (Å²) < 4.78 is 4.78. The summed E-state index contributed by atoms with van der Waals surface area (Å²) in [6.07, 6.45) is 0. The molecule has 0 aliphatic carbocycles. The topological polar surface area (TPSA) is 35.6 Å². The second kappa shape index (κ2) is 13.8. The van der Waals surface area contributed by atoms with Crippen molar-refractivity contribution in [3.8, 4) is 56.4 Å². The van der Waals surface area contributed by atoms with Crippen molar-refractivity contribution < 1.29 is 0 Å². The van der Waals surface area contributed by atoms with Crippen LogP contribution in [-0.4, -0.2) is 19.1 Å². The summed E-state index contributed by atoms with van der Waals surface area (Å²) in [4.78, 5) is 10.8. The van der Waals surface area contributed by atoms with Crippen LogP contribution in [0.25, 0.3) is 111 Å². The minimum atomic E-state index is 0.692. The van der Waals surface area contributed by atoms with Gasteiger partial charge in [0, 0.05) is 43.9 Å². The second-order valence-electron chi connectivity index (χ2n) is 15.4. The highest BCUT2D eigenvalue weighted by Gasteiger charge is 2.24. The number of rotatable bonds is 6. The van der Waals surface area contributed by atoms with Crippen molar-refractivity contribution >= 4 is 54.4 Å². The van der Waals surface area contributed by atoms with Crippen LogP contribution in [-0.2, 0) is 0 Å². The maximum atomic E-state index is 5.40. The van der Waals surface area contributed by atoms with Crippen LogP contribution in [0.1, 0.15) is 0 Å². The zero-order chi connectivity index (χ0) is 39.6. The van der Waals surface area contributed by atoms with Crippen LogP contribution in [0, 0.1) is 0 Å². The van der Waals surface area contributed by atoms with Crippen LogP contribution in [0.2, 0.25) is 0 Å². The Labute approximate surface area is 346 Å². The van der Waals surface area contributed by atoms with Crippen molar-refractivity contribution in [1.82, 2.24) is 19.1 Å². The number of para-hydroxylation sites is 2. The number of nitrogens with zero attached hydrogens (tertiary/aromatic N) is 4. The van der Waals surface area contributed by atoms with Crippen LogP contribution in [0.4, 0.5) is 0 Å². The summed E-state index contributed by atoms with van der Waals surface area (Å²) >= 11 is 0. The molecule has 0 spiro atoms. The van der Waals surface area contributed by atoms with E-state index in [1.807, 2.05) is 18.2 Å². The fraction of sp³-hybridized carbons (Fsp3) is 0. The highest BCUT2D eigenvalue weighted by atomic mass is 15.1. The summed E-state index contributed by atoms with van der Waals surface area (Å²) in [7, 11) is 0. The summed E-state index contributed by atoms with van der Waals surface area (Å²) in [6.45, 7) is 0. The maximum absolute atomic E-state index is 5.40. The number of benzene rings is 9. The molecule has 0 saturated carbocycles. The Morgan fingerprint density at radius 2 is 0.733 bits per heavy atom. The van der Waals surface area contributed by atoms with Gasteiger partial charge in [-0.3, -0.25) is 0 Å². The Kier molecular flexibility index (Phi) is 7.82. The van der Waals surface area contributed by atoms with Gasteiger partial charge in [0.2, 0.25) is 0 Å². The lowest BCUT2D eigenvalue weighted by Crippen LogP contribution is -2.06. The zero-order valence-electron chi connectivity index (χ0n) is 32.6. The molecule has 0 saturated heterocycles. The normalized spacial score (nSPS) is 11.7. The fourth-order valence-corrected chi connectivity index (χ4v) is 9.11. The van der Waals surface area contributed by atoms with Gasteiger partial charge >= 0.3 is 0 Å². The van der Waals surface area contributed by atoms with Crippen LogP contribution in [0.5, 0.6) is 0 Å². The van der Waals surface area contributed by atoms with Gasteiger partial charge in [-0.15, -0.1) is 0 Å². The molecule has 4 nitrogen and oxygen atoms in total. The van der Waals surface area contributed by atoms with Crippen molar-refractivity contribution in [2.45, 2.75) is 0 Å². The van der Waals surface area contributed by atoms with Crippen molar-refractivity contribution in [3.05, 3.63) is 218 Å². The third kappa shape index (κ3) is 5.46. The van der Waals surface area contributed by atoms with Crippen molar-refractivity contribution in [1.29, 1.82) is 0 Å². The molecule has 0 bridgehead atoms. The van der Waals surface area contributed by atoms with E-state index in [4.69, 9.17) is 9.97 Å². The molecule has 0 N–H and O–H groups in total. The Morgan fingerprint density at radius 1 is 0.283 bits per heavy atom. The first-order chi connectivity index (χ1) is 29.8. The molecule has 0 fully saturated rings. The van der Waals surface area contributed by atoms with E-state index in [0.29, 0.717) is 5.82 Å². The van der Waals surface area contributed by atoms with Crippen LogP contribution >= 0.6 is 0 Å². The van der Waals surface area contributed by atoms with Gasteiger partial charge in [-0.25, -0.2) is 9.97 Å². The van der Waals surface area contributed by atoms with Gasteiger partial charge < -0.3 is 9.13 Å². The van der Waals surface area contributed by atoms with Gasteiger partial charge in [0.25, 0.3) is 0 Å². The third-order valence-electron chi connectivity index (χ3n) is 11.9. The van der Waals surface area contributed by atoms with Gasteiger partial charge in [-0.2, -0.15) is 0 Å². The van der Waals surface area contributed by atoms with E-state index in [0.717, 1.165) is 56.0 Å². The largest absolute Gasteiger partial charge is 0.309 e. The van der Waals surface area contributed by atoms with E-state index in [1.54, 1.807) is 0 Å². The molecule has 4 heteroatoms. The maximum Gasteiger partial charge on any atom is 0.160 e. The molecule has 12 aromatic rings. The lowest BCUT2D eigenvalue weighted by Gasteiger charge is -2.19. The predicted octanol–water partition coefficient (Wildman–Crippen LogP) is 14.5. The summed E-state index contributed by atoms with van der Waals surface area (Å²) in [5.41, 5.74) is 13.8. The molecule has 3 heterocycles. The van der Waals surface area contributed by atoms with Gasteiger partial charge in [0.1, 0.15) is 0 Å². The van der Waals surface area contributed by atoms with Gasteiger partial charge in [0.15, 0.2) is 5.82 Å². The van der Waals surface area contributed by atoms with E-state index in [2.05, 4.69) is 209 Å². The van der Waals surface area contributed by atoms with Gasteiger partial charge in [0.05, 0.1) is 39.1 Å². The molecule has 0 aliphatic heterocycles. The summed E-state index contributed by atoms with van der Waals surface area (Å²) in [5, 5.41) is 7.29. The smallest absolute Gasteiger partial charge is 0.160 e. The first-order valence-corrected chi connectivity index (χ1v) is 20.4. The van der Waals surface area contributed by atoms with E-state index >= 15 is 0 Å². The zero-order valence-corrected chi connectivity index (χ0v) is 32.6. The molecule has 0 radical (unpaired) electrons. The van der Waals surface area contributed by atoms with Crippen molar-refractivity contribution in [2.24, 2.45) is 0 Å². The standard InChI is InChI=1S/C56H36N4/c1-5-17-37(18-6-1)53-55(54(38-19-7-2-8-20-38)58-56(57-53)39-21-9-3-10-22-39)60-49-28-16-15-27-45(49)46-34-42(30-32-51(46)60)43-29-31-50-47(35-43)48-33-40-23-13-14-24-41(40)36-52(48)59(50)44-25-11-4-12-26-44/h1-36H. The fourth-order valence-electron chi connectivity index (χ4n) is 9.11. The van der Waals surface area contributed by atoms with Crippen LogP contribution in [0.15, 0.2) is 218 Å². The molecule has 280 valence electrons. The van der Waals surface area contributed by atoms with Crippen LogP contribution < -0.4 is 0 Å². The molecular formula is C56H36N4. The average Bonchev–Trinajstić information content (AvgIpc) is 3.82. The number of fused-ring (bicyclic) bond motifs is 7. The molecule has 60 heavy (non-hydrogen) atoms. The quantitative estimate of drug-likeness (QED) is 0.169. The Balaban J connectivity index is 1.11. The van der Waals surface area contributed by atoms with Crippen molar-refractivity contribution in [2.75, 3.05) is 0 Å². The first-order valence-electron chi connectivity index (χ1n) is 20.4. The Hall–Kier alpha value is -8.08. The highest BCUT2D eigenvalue weighted by Crippen LogP contribution is 2.43. The molecule has 0 aliphatic rings. The highest BCUT2D eigenvalue weighted by molar-refractivity contribution is 6.15. The summed E-state index contributed by atoms with van der Waals surface area (Å²) in [5.74, 6) is 0.692. The Morgan fingerprint density at radius 3 is 1.35 bits per heavy atom. The van der Waals surface area contributed by atoms with Crippen LogP contribution in [0.3, 0.4) is 0 Å². The lowest BCUT2D eigenvalue weighted by molar-refractivity contribution is 1.09. The Bertz CT molecular complexity index is 3510. The predicted molar refractivity (Wildman–Crippen MR) is 250 cm³/mol.